The number of nitro groups is 1. The molecular weight excluding hydrogens is 460 g/mol. The number of thiazole rings is 1. The monoisotopic (exact) mass is 474 g/mol. The summed E-state index contributed by atoms with van der Waals surface area (Å²) in [5.41, 5.74) is 0.656. The number of non-ortho nitro benzene ring substituents is 1. The van der Waals surface area contributed by atoms with Crippen LogP contribution in [0.1, 0.15) is 0 Å². The van der Waals surface area contributed by atoms with E-state index in [0.29, 0.717) is 16.2 Å². The van der Waals surface area contributed by atoms with Gasteiger partial charge in [-0.05, 0) is 18.2 Å². The SMILES string of the molecule is COc1ccc(Nc2cc(=O)n3c(-c4cccc([N+](=O)[O-])c4)csc3n2)cc1S(=O)(=O)O. The van der Waals surface area contributed by atoms with Gasteiger partial charge >= 0.3 is 0 Å². The van der Waals surface area contributed by atoms with E-state index in [1.165, 1.54) is 47.9 Å². The van der Waals surface area contributed by atoms with E-state index >= 15 is 0 Å². The van der Waals surface area contributed by atoms with Crippen LogP contribution >= 0.6 is 11.3 Å². The number of ether oxygens (including phenoxy) is 1. The molecule has 0 aliphatic rings. The third-order valence-electron chi connectivity index (χ3n) is 4.47. The Hall–Kier alpha value is -3.81. The predicted molar refractivity (Wildman–Crippen MR) is 118 cm³/mol. The van der Waals surface area contributed by atoms with Gasteiger partial charge in [0.2, 0.25) is 0 Å². The molecule has 4 rings (SSSR count). The number of anilines is 2. The molecule has 4 aromatic rings. The summed E-state index contributed by atoms with van der Waals surface area (Å²) in [4.78, 5) is 27.6. The molecule has 0 aliphatic heterocycles. The van der Waals surface area contributed by atoms with Crippen molar-refractivity contribution >= 4 is 43.6 Å². The van der Waals surface area contributed by atoms with Crippen LogP contribution in [0.25, 0.3) is 16.2 Å². The van der Waals surface area contributed by atoms with Crippen LogP contribution in [0.5, 0.6) is 5.75 Å². The minimum atomic E-state index is -4.54. The van der Waals surface area contributed by atoms with E-state index in [0.717, 1.165) is 17.4 Å². The summed E-state index contributed by atoms with van der Waals surface area (Å²) in [5, 5.41) is 15.6. The minimum Gasteiger partial charge on any atom is -0.495 e. The maximum absolute atomic E-state index is 12.8. The summed E-state index contributed by atoms with van der Waals surface area (Å²) in [5.74, 6) is 0.107. The largest absolute Gasteiger partial charge is 0.495 e. The molecular formula is C19H14N4O7S2. The fourth-order valence-electron chi connectivity index (χ4n) is 3.07. The molecule has 2 heterocycles. The van der Waals surface area contributed by atoms with Gasteiger partial charge in [0, 0.05) is 34.8 Å². The molecule has 0 saturated heterocycles. The van der Waals surface area contributed by atoms with Gasteiger partial charge in [0.1, 0.15) is 16.5 Å². The zero-order valence-corrected chi connectivity index (χ0v) is 17.9. The molecule has 0 fully saturated rings. The van der Waals surface area contributed by atoms with E-state index < -0.39 is 25.5 Å². The van der Waals surface area contributed by atoms with Gasteiger partial charge in [0.25, 0.3) is 21.4 Å². The first kappa shape index (κ1) is 21.4. The fourth-order valence-corrected chi connectivity index (χ4v) is 4.65. The van der Waals surface area contributed by atoms with Crippen molar-refractivity contribution in [2.45, 2.75) is 4.90 Å². The highest BCUT2D eigenvalue weighted by molar-refractivity contribution is 7.86. The van der Waals surface area contributed by atoms with Crippen LogP contribution in [-0.2, 0) is 10.1 Å². The van der Waals surface area contributed by atoms with Crippen molar-refractivity contribution in [1.29, 1.82) is 0 Å². The summed E-state index contributed by atoms with van der Waals surface area (Å²) in [6.45, 7) is 0. The Balaban J connectivity index is 1.74. The summed E-state index contributed by atoms with van der Waals surface area (Å²) < 4.78 is 38.8. The Morgan fingerprint density at radius 3 is 2.69 bits per heavy atom. The van der Waals surface area contributed by atoms with E-state index in [9.17, 15) is 27.9 Å². The lowest BCUT2D eigenvalue weighted by Crippen LogP contribution is -2.14. The van der Waals surface area contributed by atoms with Crippen LogP contribution in [0.4, 0.5) is 17.2 Å². The van der Waals surface area contributed by atoms with Gasteiger partial charge in [-0.3, -0.25) is 23.9 Å². The molecule has 0 aliphatic carbocycles. The molecule has 0 radical (unpaired) electrons. The maximum Gasteiger partial charge on any atom is 0.298 e. The van der Waals surface area contributed by atoms with E-state index in [1.54, 1.807) is 11.4 Å². The first-order valence-electron chi connectivity index (χ1n) is 8.86. The number of nitrogens with one attached hydrogen (secondary N) is 1. The number of methoxy groups -OCH3 is 1. The van der Waals surface area contributed by atoms with Gasteiger partial charge in [-0.1, -0.05) is 12.1 Å². The topological polar surface area (TPSA) is 153 Å². The Labute approximate surface area is 184 Å². The van der Waals surface area contributed by atoms with E-state index in [1.807, 2.05) is 0 Å². The third-order valence-corrected chi connectivity index (χ3v) is 6.17. The Morgan fingerprint density at radius 2 is 2.00 bits per heavy atom. The Morgan fingerprint density at radius 1 is 1.22 bits per heavy atom. The van der Waals surface area contributed by atoms with Crippen molar-refractivity contribution in [3.8, 4) is 17.0 Å². The molecule has 0 atom stereocenters. The number of hydrogen-bond donors (Lipinski definition) is 2. The number of rotatable bonds is 6. The molecule has 0 spiro atoms. The van der Waals surface area contributed by atoms with Crippen LogP contribution in [0.3, 0.4) is 0 Å². The molecule has 2 aromatic heterocycles. The third kappa shape index (κ3) is 4.03. The standard InChI is InChI=1S/C19H14N4O7S2/c1-30-15-6-5-12(8-16(15)32(27,28)29)20-17-9-18(24)22-14(10-31-19(22)21-17)11-3-2-4-13(7-11)23(25)26/h2-10,20H,1H3,(H,27,28,29). The second-order valence-electron chi connectivity index (χ2n) is 6.49. The zero-order chi connectivity index (χ0) is 23.0. The van der Waals surface area contributed by atoms with Gasteiger partial charge in [-0.25, -0.2) is 4.98 Å². The van der Waals surface area contributed by atoms with Crippen molar-refractivity contribution in [2.75, 3.05) is 12.4 Å². The number of nitro benzene ring substituents is 1. The van der Waals surface area contributed by atoms with Crippen molar-refractivity contribution in [3.63, 3.8) is 0 Å². The molecule has 11 nitrogen and oxygen atoms in total. The van der Waals surface area contributed by atoms with Crippen molar-refractivity contribution < 1.29 is 22.6 Å². The number of nitrogens with zero attached hydrogens (tertiary/aromatic N) is 3. The lowest BCUT2D eigenvalue weighted by molar-refractivity contribution is -0.384. The van der Waals surface area contributed by atoms with Crippen molar-refractivity contribution in [2.24, 2.45) is 0 Å². The lowest BCUT2D eigenvalue weighted by Gasteiger charge is -2.10. The number of aromatic nitrogens is 2. The van der Waals surface area contributed by atoms with Gasteiger partial charge in [-0.2, -0.15) is 8.42 Å². The summed E-state index contributed by atoms with van der Waals surface area (Å²) >= 11 is 1.16. The highest BCUT2D eigenvalue weighted by atomic mass is 32.2. The second-order valence-corrected chi connectivity index (χ2v) is 8.72. The normalized spacial score (nSPS) is 11.4. The quantitative estimate of drug-likeness (QED) is 0.243. The van der Waals surface area contributed by atoms with Gasteiger partial charge in [0.15, 0.2) is 4.96 Å². The van der Waals surface area contributed by atoms with Crippen LogP contribution in [0.2, 0.25) is 0 Å². The van der Waals surface area contributed by atoms with Crippen molar-refractivity contribution in [1.82, 2.24) is 9.38 Å². The number of hydrogen-bond acceptors (Lipinski definition) is 9. The summed E-state index contributed by atoms with van der Waals surface area (Å²) in [6, 6.07) is 11.1. The zero-order valence-electron chi connectivity index (χ0n) is 16.3. The molecule has 164 valence electrons. The lowest BCUT2D eigenvalue weighted by atomic mass is 10.1. The van der Waals surface area contributed by atoms with Crippen LogP contribution in [-0.4, -0.2) is 34.4 Å². The van der Waals surface area contributed by atoms with Crippen LogP contribution < -0.4 is 15.6 Å². The van der Waals surface area contributed by atoms with Gasteiger partial charge in [-0.15, -0.1) is 11.3 Å². The number of benzene rings is 2. The van der Waals surface area contributed by atoms with Gasteiger partial charge in [0.05, 0.1) is 17.7 Å². The first-order chi connectivity index (χ1) is 15.2. The summed E-state index contributed by atoms with van der Waals surface area (Å²) in [6.07, 6.45) is 0. The average Bonchev–Trinajstić information content (AvgIpc) is 3.18. The highest BCUT2D eigenvalue weighted by Gasteiger charge is 2.18. The summed E-state index contributed by atoms with van der Waals surface area (Å²) in [7, 11) is -3.27. The molecule has 0 unspecified atom stereocenters. The molecule has 32 heavy (non-hydrogen) atoms. The molecule has 13 heteroatoms. The number of fused-ring (bicyclic) bond motifs is 1. The molecule has 2 N–H and O–H groups in total. The average molecular weight is 474 g/mol. The second kappa shape index (κ2) is 8.03. The van der Waals surface area contributed by atoms with E-state index in [-0.39, 0.29) is 22.9 Å². The predicted octanol–water partition coefficient (Wildman–Crippen LogP) is 3.33. The maximum atomic E-state index is 12.8. The fraction of sp³-hybridized carbons (Fsp3) is 0.0526. The smallest absolute Gasteiger partial charge is 0.298 e. The van der Waals surface area contributed by atoms with Crippen LogP contribution in [0.15, 0.2) is 63.6 Å². The Kier molecular flexibility index (Phi) is 5.38. The molecule has 0 amide bonds. The van der Waals surface area contributed by atoms with Crippen LogP contribution in [0, 0.1) is 10.1 Å². The molecule has 0 bridgehead atoms. The van der Waals surface area contributed by atoms with E-state index in [2.05, 4.69) is 10.3 Å². The first-order valence-corrected chi connectivity index (χ1v) is 11.2. The minimum absolute atomic E-state index is 0.0404. The van der Waals surface area contributed by atoms with Crippen molar-refractivity contribution in [3.05, 3.63) is 74.4 Å². The molecule has 2 aromatic carbocycles. The highest BCUT2D eigenvalue weighted by Crippen LogP contribution is 2.30. The van der Waals surface area contributed by atoms with Gasteiger partial charge < -0.3 is 10.1 Å². The Bertz CT molecular complexity index is 1530. The molecule has 0 saturated carbocycles. The van der Waals surface area contributed by atoms with E-state index in [4.69, 9.17) is 4.74 Å².